The number of carbonyl (C=O) groups is 1. The van der Waals surface area contributed by atoms with Crippen LogP contribution in [0.3, 0.4) is 0 Å². The molecule has 0 fully saturated rings. The second kappa shape index (κ2) is 9.46. The van der Waals surface area contributed by atoms with Gasteiger partial charge in [-0.25, -0.2) is 0 Å². The number of Topliss-reactive ketones (excluding diaryl/α,β-unsaturated/α-hetero) is 1. The Hall–Kier alpha value is 1.13. The third kappa shape index (κ3) is 68.5. The first-order valence-electron chi connectivity index (χ1n) is 1.35. The zero-order valence-corrected chi connectivity index (χ0v) is 7.98. The Morgan fingerprint density at radius 2 is 1.33 bits per heavy atom. The molecule has 38 valence electrons. The summed E-state index contributed by atoms with van der Waals surface area (Å²) in [5.74, 6) is 0.167. The minimum Gasteiger partial charge on any atom is -0.300 e. The number of hydrogen-bond donors (Lipinski definition) is 0. The highest BCUT2D eigenvalue weighted by atomic mass is 128. The lowest BCUT2D eigenvalue weighted by Crippen LogP contribution is -1.69. The fraction of sp³-hybridized carbons (Fsp3) is 0.667. The van der Waals surface area contributed by atoms with Crippen molar-refractivity contribution in [2.45, 2.75) is 13.8 Å². The van der Waals surface area contributed by atoms with E-state index in [9.17, 15) is 4.79 Å². The Balaban J connectivity index is 0. The predicted molar refractivity (Wildman–Crippen MR) is 44.4 cm³/mol. The van der Waals surface area contributed by atoms with E-state index in [-0.39, 0.29) is 5.78 Å². The molecule has 0 rings (SSSR count). The van der Waals surface area contributed by atoms with Crippen LogP contribution in [0.2, 0.25) is 0 Å². The highest BCUT2D eigenvalue weighted by molar-refractivity contribution is 15.0. The Bertz CT molecular complexity index is 31.8. The molecule has 0 aromatic rings. The molecule has 0 radical (unpaired) electrons. The number of hydrogen-bond acceptors (Lipinski definition) is 1. The van der Waals surface area contributed by atoms with E-state index in [1.807, 2.05) is 0 Å². The second-order valence-electron chi connectivity index (χ2n) is 0.908. The van der Waals surface area contributed by atoms with Gasteiger partial charge in [-0.15, -0.1) is 0 Å². The average Bonchev–Trinajstić information content (AvgIpc) is 1.41. The summed E-state index contributed by atoms with van der Waals surface area (Å²) in [5, 5.41) is 0. The van der Waals surface area contributed by atoms with E-state index in [1.54, 1.807) is 0 Å². The Kier molecular flexibility index (Phi) is 16.0. The van der Waals surface area contributed by atoms with Gasteiger partial charge < -0.3 is 4.79 Å². The maximum absolute atomic E-state index is 9.44. The molecule has 1 nitrogen and oxygen atoms in total. The summed E-state index contributed by atoms with van der Waals surface area (Å²) in [5.41, 5.74) is 0. The maximum atomic E-state index is 9.44. The SMILES string of the molecule is CC(C)=O.II. The van der Waals surface area contributed by atoms with Crippen molar-refractivity contribution in [3.63, 3.8) is 0 Å². The van der Waals surface area contributed by atoms with Crippen LogP contribution < -0.4 is 0 Å². The number of carbonyl (C=O) groups excluding carboxylic acids is 1. The van der Waals surface area contributed by atoms with Crippen LogP contribution in [0.25, 0.3) is 0 Å². The summed E-state index contributed by atoms with van der Waals surface area (Å²) >= 11 is 4.24. The first-order valence-corrected chi connectivity index (χ1v) is 7.63. The molecule has 0 aliphatic heterocycles. The van der Waals surface area contributed by atoms with Crippen LogP contribution in [0.15, 0.2) is 0 Å². The van der Waals surface area contributed by atoms with Gasteiger partial charge in [0.25, 0.3) is 0 Å². The first-order chi connectivity index (χ1) is 2.73. The molecule has 6 heavy (non-hydrogen) atoms. The van der Waals surface area contributed by atoms with Crippen LogP contribution in [0.1, 0.15) is 13.8 Å². The minimum atomic E-state index is 0.167. The van der Waals surface area contributed by atoms with E-state index in [0.29, 0.717) is 0 Å². The topological polar surface area (TPSA) is 17.1 Å². The summed E-state index contributed by atoms with van der Waals surface area (Å²) in [6.45, 7) is 3.06. The molecule has 0 saturated heterocycles. The monoisotopic (exact) mass is 312 g/mol. The number of halogens is 2. The largest absolute Gasteiger partial charge is 0.300 e. The zero-order valence-electron chi connectivity index (χ0n) is 3.66. The standard InChI is InChI=1S/C3H6O.I2/c1-3(2)4;1-2/h1-2H3;. The van der Waals surface area contributed by atoms with Crippen LogP contribution in [0.4, 0.5) is 0 Å². The van der Waals surface area contributed by atoms with Crippen molar-refractivity contribution in [1.29, 1.82) is 0 Å². The molecule has 0 unspecified atom stereocenters. The van der Waals surface area contributed by atoms with Gasteiger partial charge in [0.2, 0.25) is 0 Å². The van der Waals surface area contributed by atoms with E-state index in [1.165, 1.54) is 13.8 Å². The maximum Gasteiger partial charge on any atom is 0.126 e. The van der Waals surface area contributed by atoms with E-state index >= 15 is 0 Å². The number of rotatable bonds is 0. The van der Waals surface area contributed by atoms with Gasteiger partial charge in [-0.3, -0.25) is 0 Å². The molecule has 0 aliphatic rings. The summed E-state index contributed by atoms with van der Waals surface area (Å²) in [4.78, 5) is 9.44. The van der Waals surface area contributed by atoms with Crippen molar-refractivity contribution in [3.05, 3.63) is 0 Å². The molecule has 0 aromatic heterocycles. The molecule has 0 aliphatic carbocycles. The van der Waals surface area contributed by atoms with Crippen molar-refractivity contribution in [2.24, 2.45) is 0 Å². The zero-order chi connectivity index (χ0) is 5.58. The van der Waals surface area contributed by atoms with Gasteiger partial charge in [-0.2, -0.15) is 0 Å². The van der Waals surface area contributed by atoms with E-state index in [2.05, 4.69) is 37.2 Å². The van der Waals surface area contributed by atoms with Crippen molar-refractivity contribution in [3.8, 4) is 0 Å². The van der Waals surface area contributed by atoms with E-state index in [0.717, 1.165) is 0 Å². The highest BCUT2D eigenvalue weighted by Crippen LogP contribution is 1.89. The third-order valence-corrected chi connectivity index (χ3v) is 0. The van der Waals surface area contributed by atoms with Crippen LogP contribution in [0.5, 0.6) is 0 Å². The van der Waals surface area contributed by atoms with Gasteiger partial charge in [-0.05, 0) is 13.8 Å². The minimum absolute atomic E-state index is 0.167. The van der Waals surface area contributed by atoms with Gasteiger partial charge in [-0.1, -0.05) is 0 Å². The summed E-state index contributed by atoms with van der Waals surface area (Å²) in [6, 6.07) is 0. The van der Waals surface area contributed by atoms with Crippen LogP contribution >= 0.6 is 37.2 Å². The van der Waals surface area contributed by atoms with Crippen LogP contribution in [0, 0.1) is 0 Å². The molecule has 0 spiro atoms. The highest BCUT2D eigenvalue weighted by Gasteiger charge is 1.62. The normalized spacial score (nSPS) is 5.33. The Labute approximate surface area is 61.2 Å². The summed E-state index contributed by atoms with van der Waals surface area (Å²) < 4.78 is 0. The molecule has 0 saturated carbocycles. The van der Waals surface area contributed by atoms with Gasteiger partial charge >= 0.3 is 0 Å². The lowest BCUT2D eigenvalue weighted by molar-refractivity contribution is -0.114. The predicted octanol–water partition coefficient (Wildman–Crippen LogP) is 2.37. The summed E-state index contributed by atoms with van der Waals surface area (Å²) in [6.07, 6.45) is 0. The quantitative estimate of drug-likeness (QED) is 0.628. The van der Waals surface area contributed by atoms with E-state index < -0.39 is 0 Å². The Morgan fingerprint density at radius 1 is 1.33 bits per heavy atom. The van der Waals surface area contributed by atoms with Gasteiger partial charge in [0, 0.05) is 37.2 Å². The first kappa shape index (κ1) is 10.2. The molecule has 0 atom stereocenters. The summed E-state index contributed by atoms with van der Waals surface area (Å²) in [7, 11) is 0. The van der Waals surface area contributed by atoms with E-state index in [4.69, 9.17) is 0 Å². The molecular formula is C3H6I2O. The molecule has 0 bridgehead atoms. The van der Waals surface area contributed by atoms with Gasteiger partial charge in [0.15, 0.2) is 0 Å². The smallest absolute Gasteiger partial charge is 0.126 e. The molecule has 0 amide bonds. The second-order valence-corrected chi connectivity index (χ2v) is 0.908. The molecule has 0 N–H and O–H groups in total. The molecular weight excluding hydrogens is 306 g/mol. The average molecular weight is 312 g/mol. The fourth-order valence-corrected chi connectivity index (χ4v) is 0. The Morgan fingerprint density at radius 3 is 1.33 bits per heavy atom. The van der Waals surface area contributed by atoms with Crippen molar-refractivity contribution in [2.75, 3.05) is 0 Å². The van der Waals surface area contributed by atoms with Gasteiger partial charge in [0.1, 0.15) is 5.78 Å². The van der Waals surface area contributed by atoms with Crippen molar-refractivity contribution >= 4 is 43.0 Å². The lowest BCUT2D eigenvalue weighted by Gasteiger charge is -1.56. The van der Waals surface area contributed by atoms with Gasteiger partial charge in [0.05, 0.1) is 0 Å². The fourth-order valence-electron chi connectivity index (χ4n) is 0. The molecule has 3 heteroatoms. The molecule has 0 heterocycles. The van der Waals surface area contributed by atoms with Crippen molar-refractivity contribution < 1.29 is 4.79 Å². The van der Waals surface area contributed by atoms with Crippen LogP contribution in [-0.4, -0.2) is 5.78 Å². The number of ketones is 1. The lowest BCUT2D eigenvalue weighted by atomic mass is 10.6. The van der Waals surface area contributed by atoms with Crippen molar-refractivity contribution in [1.82, 2.24) is 0 Å². The molecule has 0 aromatic carbocycles. The third-order valence-electron chi connectivity index (χ3n) is 0. The van der Waals surface area contributed by atoms with Crippen LogP contribution in [-0.2, 0) is 4.79 Å².